The molecule has 0 aliphatic rings. The summed E-state index contributed by atoms with van der Waals surface area (Å²) in [7, 11) is 5.37. The molecule has 2 amide bonds. The highest BCUT2D eigenvalue weighted by atomic mass is 35.5. The Morgan fingerprint density at radius 2 is 1.92 bits per heavy atom. The molecule has 1 atom stereocenters. The normalized spacial score (nSPS) is 12.2. The molecule has 0 aliphatic carbocycles. The number of halogens is 1. The molecule has 1 aromatic rings. The minimum Gasteiger partial charge on any atom is -0.497 e. The number of likely N-dealkylation sites (N-methyl/N-ethyl adjacent to an activating group) is 1. The molecule has 134 valence electrons. The van der Waals surface area contributed by atoms with Crippen LogP contribution in [0.15, 0.2) is 18.2 Å². The average molecular weight is 356 g/mol. The van der Waals surface area contributed by atoms with E-state index in [0.29, 0.717) is 28.9 Å². The van der Waals surface area contributed by atoms with Crippen molar-refractivity contribution >= 4 is 29.1 Å². The Labute approximate surface area is 148 Å². The lowest BCUT2D eigenvalue weighted by Crippen LogP contribution is -2.46. The summed E-state index contributed by atoms with van der Waals surface area (Å²) in [5, 5.41) is 5.64. The first kappa shape index (κ1) is 20.3. The Hall–Kier alpha value is -1.79. The highest BCUT2D eigenvalue weighted by molar-refractivity contribution is 6.41. The van der Waals surface area contributed by atoms with E-state index in [1.165, 1.54) is 7.11 Å². The van der Waals surface area contributed by atoms with Gasteiger partial charge in [0.05, 0.1) is 17.8 Å². The lowest BCUT2D eigenvalue weighted by Gasteiger charge is -2.23. The van der Waals surface area contributed by atoms with Gasteiger partial charge >= 0.3 is 11.8 Å². The Morgan fingerprint density at radius 1 is 1.25 bits per heavy atom. The van der Waals surface area contributed by atoms with E-state index in [4.69, 9.17) is 16.3 Å². The number of hydrogen-bond acceptors (Lipinski definition) is 4. The molecule has 0 aromatic heterocycles. The van der Waals surface area contributed by atoms with E-state index >= 15 is 0 Å². The SMILES string of the molecule is COc1ccc(Cl)c(NC(=O)C(=O)NC(CC(C)C)CN(C)C)c1. The van der Waals surface area contributed by atoms with E-state index in [1.54, 1.807) is 18.2 Å². The molecule has 2 N–H and O–H groups in total. The first-order valence-electron chi connectivity index (χ1n) is 7.83. The number of nitrogens with zero attached hydrogens (tertiary/aromatic N) is 1. The van der Waals surface area contributed by atoms with Crippen LogP contribution in [0.4, 0.5) is 5.69 Å². The zero-order valence-corrected chi connectivity index (χ0v) is 15.6. The molecule has 0 fully saturated rings. The van der Waals surface area contributed by atoms with E-state index in [2.05, 4.69) is 24.5 Å². The van der Waals surface area contributed by atoms with E-state index in [0.717, 1.165) is 6.42 Å². The molecule has 24 heavy (non-hydrogen) atoms. The van der Waals surface area contributed by atoms with Crippen molar-refractivity contribution in [3.8, 4) is 5.75 Å². The van der Waals surface area contributed by atoms with Gasteiger partial charge in [-0.3, -0.25) is 9.59 Å². The maximum absolute atomic E-state index is 12.2. The molecular weight excluding hydrogens is 330 g/mol. The van der Waals surface area contributed by atoms with Crippen LogP contribution in [-0.4, -0.2) is 50.5 Å². The third-order valence-corrected chi connectivity index (χ3v) is 3.63. The second kappa shape index (κ2) is 9.49. The van der Waals surface area contributed by atoms with Crippen LogP contribution in [0.3, 0.4) is 0 Å². The van der Waals surface area contributed by atoms with Crippen LogP contribution in [0.5, 0.6) is 5.75 Å². The monoisotopic (exact) mass is 355 g/mol. The number of ether oxygens (including phenoxy) is 1. The number of nitrogens with one attached hydrogen (secondary N) is 2. The third kappa shape index (κ3) is 6.76. The van der Waals surface area contributed by atoms with Gasteiger partial charge in [-0.1, -0.05) is 25.4 Å². The number of carbonyl (C=O) groups is 2. The fourth-order valence-corrected chi connectivity index (χ4v) is 2.51. The molecule has 0 radical (unpaired) electrons. The number of amides is 2. The number of hydrogen-bond donors (Lipinski definition) is 2. The fourth-order valence-electron chi connectivity index (χ4n) is 2.35. The zero-order chi connectivity index (χ0) is 18.3. The number of rotatable bonds is 7. The first-order chi connectivity index (χ1) is 11.2. The standard InChI is InChI=1S/C17H26ClN3O3/c1-11(2)8-12(10-21(3)4)19-16(22)17(23)20-15-9-13(24-5)6-7-14(15)18/h6-7,9,11-12H,8,10H2,1-5H3,(H,19,22)(H,20,23). The van der Waals surface area contributed by atoms with E-state index in [1.807, 2.05) is 19.0 Å². The average Bonchev–Trinajstić information content (AvgIpc) is 2.47. The van der Waals surface area contributed by atoms with E-state index in [-0.39, 0.29) is 6.04 Å². The van der Waals surface area contributed by atoms with Gasteiger partial charge in [0, 0.05) is 18.7 Å². The van der Waals surface area contributed by atoms with Gasteiger partial charge in [-0.15, -0.1) is 0 Å². The molecule has 7 heteroatoms. The Bertz CT molecular complexity index is 566. The van der Waals surface area contributed by atoms with Crippen LogP contribution in [0.1, 0.15) is 20.3 Å². The van der Waals surface area contributed by atoms with Crippen LogP contribution >= 0.6 is 11.6 Å². The number of benzene rings is 1. The quantitative estimate of drug-likeness (QED) is 0.737. The summed E-state index contributed by atoms with van der Waals surface area (Å²) < 4.78 is 5.09. The summed E-state index contributed by atoms with van der Waals surface area (Å²) in [5.41, 5.74) is 0.337. The molecule has 0 spiro atoms. The van der Waals surface area contributed by atoms with Crippen LogP contribution < -0.4 is 15.4 Å². The smallest absolute Gasteiger partial charge is 0.313 e. The third-order valence-electron chi connectivity index (χ3n) is 3.30. The molecule has 0 saturated heterocycles. The predicted molar refractivity (Wildman–Crippen MR) is 96.6 cm³/mol. The van der Waals surface area contributed by atoms with Crippen molar-refractivity contribution in [1.29, 1.82) is 0 Å². The van der Waals surface area contributed by atoms with Crippen molar-refractivity contribution in [2.24, 2.45) is 5.92 Å². The highest BCUT2D eigenvalue weighted by Gasteiger charge is 2.21. The van der Waals surface area contributed by atoms with E-state index < -0.39 is 11.8 Å². The largest absolute Gasteiger partial charge is 0.497 e. The summed E-state index contributed by atoms with van der Waals surface area (Å²) in [6.07, 6.45) is 0.789. The number of carbonyl (C=O) groups excluding carboxylic acids is 2. The van der Waals surface area contributed by atoms with Gasteiger partial charge < -0.3 is 20.3 Å². The highest BCUT2D eigenvalue weighted by Crippen LogP contribution is 2.26. The van der Waals surface area contributed by atoms with Crippen molar-refractivity contribution in [1.82, 2.24) is 10.2 Å². The van der Waals surface area contributed by atoms with E-state index in [9.17, 15) is 9.59 Å². The Balaban J connectivity index is 2.74. The van der Waals surface area contributed by atoms with Crippen LogP contribution in [-0.2, 0) is 9.59 Å². The summed E-state index contributed by atoms with van der Waals surface area (Å²) in [6, 6.07) is 4.74. The Kier molecular flexibility index (Phi) is 8.01. The lowest BCUT2D eigenvalue weighted by atomic mass is 10.0. The maximum Gasteiger partial charge on any atom is 0.313 e. The fraction of sp³-hybridized carbons (Fsp3) is 0.529. The van der Waals surface area contributed by atoms with Crippen molar-refractivity contribution in [2.75, 3.05) is 33.1 Å². The van der Waals surface area contributed by atoms with Gasteiger partial charge in [-0.25, -0.2) is 0 Å². The maximum atomic E-state index is 12.2. The Morgan fingerprint density at radius 3 is 2.46 bits per heavy atom. The summed E-state index contributed by atoms with van der Waals surface area (Å²) in [6.45, 7) is 4.81. The predicted octanol–water partition coefficient (Wildman–Crippen LogP) is 2.38. The zero-order valence-electron chi connectivity index (χ0n) is 14.9. The van der Waals surface area contributed by atoms with Crippen LogP contribution in [0.2, 0.25) is 5.02 Å². The van der Waals surface area contributed by atoms with Crippen LogP contribution in [0.25, 0.3) is 0 Å². The molecule has 0 saturated carbocycles. The van der Waals surface area contributed by atoms with Crippen LogP contribution in [0, 0.1) is 5.92 Å². The van der Waals surface area contributed by atoms with Crippen molar-refractivity contribution in [3.05, 3.63) is 23.2 Å². The first-order valence-corrected chi connectivity index (χ1v) is 8.20. The summed E-state index contributed by atoms with van der Waals surface area (Å²) >= 11 is 6.04. The second-order valence-corrected chi connectivity index (χ2v) is 6.77. The molecular formula is C17H26ClN3O3. The van der Waals surface area contributed by atoms with Gasteiger partial charge in [0.1, 0.15) is 5.75 Å². The number of methoxy groups -OCH3 is 1. The molecule has 0 heterocycles. The summed E-state index contributed by atoms with van der Waals surface area (Å²) in [4.78, 5) is 26.3. The minimum absolute atomic E-state index is 0.0981. The number of anilines is 1. The molecule has 1 rings (SSSR count). The van der Waals surface area contributed by atoms with Gasteiger partial charge in [-0.05, 0) is 38.6 Å². The topological polar surface area (TPSA) is 70.7 Å². The molecule has 6 nitrogen and oxygen atoms in total. The summed E-state index contributed by atoms with van der Waals surface area (Å²) in [5.74, 6) is -0.481. The van der Waals surface area contributed by atoms with Gasteiger partial charge in [-0.2, -0.15) is 0 Å². The van der Waals surface area contributed by atoms with Crippen molar-refractivity contribution < 1.29 is 14.3 Å². The van der Waals surface area contributed by atoms with Gasteiger partial charge in [0.15, 0.2) is 0 Å². The molecule has 1 aromatic carbocycles. The van der Waals surface area contributed by atoms with Crippen molar-refractivity contribution in [2.45, 2.75) is 26.3 Å². The molecule has 0 aliphatic heterocycles. The molecule has 1 unspecified atom stereocenters. The molecule has 0 bridgehead atoms. The second-order valence-electron chi connectivity index (χ2n) is 6.36. The van der Waals surface area contributed by atoms with Gasteiger partial charge in [0.25, 0.3) is 0 Å². The minimum atomic E-state index is -0.752. The van der Waals surface area contributed by atoms with Crippen molar-refractivity contribution in [3.63, 3.8) is 0 Å². The lowest BCUT2D eigenvalue weighted by molar-refractivity contribution is -0.136. The van der Waals surface area contributed by atoms with Gasteiger partial charge in [0.2, 0.25) is 0 Å².